The lowest BCUT2D eigenvalue weighted by molar-refractivity contribution is 0.0691. The summed E-state index contributed by atoms with van der Waals surface area (Å²) in [4.78, 5) is 31.6. The second kappa shape index (κ2) is 8.03. The highest BCUT2D eigenvalue weighted by molar-refractivity contribution is 7.13. The zero-order valence-electron chi connectivity index (χ0n) is 16.7. The van der Waals surface area contributed by atoms with E-state index in [2.05, 4.69) is 29.2 Å². The molecular weight excluding hydrogens is 414 g/mol. The van der Waals surface area contributed by atoms with E-state index >= 15 is 0 Å². The van der Waals surface area contributed by atoms with E-state index in [4.69, 9.17) is 9.84 Å². The van der Waals surface area contributed by atoms with Gasteiger partial charge in [-0.05, 0) is 22.3 Å². The molecule has 0 saturated carbocycles. The fourth-order valence-electron chi connectivity index (χ4n) is 4.27. The molecule has 0 atom stereocenters. The van der Waals surface area contributed by atoms with Gasteiger partial charge in [-0.2, -0.15) is 0 Å². The molecule has 1 amide bonds. The van der Waals surface area contributed by atoms with Gasteiger partial charge in [0.2, 0.25) is 0 Å². The van der Waals surface area contributed by atoms with Crippen molar-refractivity contribution in [1.82, 2.24) is 9.88 Å². The molecule has 1 N–H and O–H groups in total. The van der Waals surface area contributed by atoms with Crippen molar-refractivity contribution in [3.63, 3.8) is 0 Å². The number of hydrogen-bond acceptors (Lipinski definition) is 6. The average molecular weight is 436 g/mol. The number of carbonyl (C=O) groups excluding carboxylic acids is 1. The predicted molar refractivity (Wildman–Crippen MR) is 118 cm³/mol. The number of nitrogens with zero attached hydrogens (tertiary/aromatic N) is 3. The Morgan fingerprint density at radius 3 is 2.19 bits per heavy atom. The van der Waals surface area contributed by atoms with Crippen LogP contribution in [0.5, 0.6) is 0 Å². The van der Waals surface area contributed by atoms with Crippen LogP contribution < -0.4 is 4.90 Å². The van der Waals surface area contributed by atoms with Gasteiger partial charge in [0.15, 0.2) is 10.8 Å². The lowest BCUT2D eigenvalue weighted by Gasteiger charge is -2.34. The van der Waals surface area contributed by atoms with Crippen LogP contribution >= 0.6 is 11.3 Å². The monoisotopic (exact) mass is 435 g/mol. The number of ether oxygens (including phenoxy) is 1. The summed E-state index contributed by atoms with van der Waals surface area (Å²) in [6.07, 6.45) is -0.313. The Morgan fingerprint density at radius 2 is 1.61 bits per heavy atom. The minimum Gasteiger partial charge on any atom is -0.476 e. The van der Waals surface area contributed by atoms with Crippen molar-refractivity contribution in [3.8, 4) is 11.1 Å². The first-order valence-corrected chi connectivity index (χ1v) is 11.0. The normalized spacial score (nSPS) is 15.5. The van der Waals surface area contributed by atoms with Gasteiger partial charge in [-0.3, -0.25) is 0 Å². The molecule has 7 nitrogen and oxygen atoms in total. The number of aromatic nitrogens is 1. The van der Waals surface area contributed by atoms with Crippen LogP contribution in [0.25, 0.3) is 11.1 Å². The lowest BCUT2D eigenvalue weighted by Crippen LogP contribution is -2.49. The van der Waals surface area contributed by atoms with Crippen LogP contribution in [0.3, 0.4) is 0 Å². The Hall–Kier alpha value is -3.39. The molecular formula is C23H21N3O4S. The topological polar surface area (TPSA) is 83.0 Å². The number of carboxylic acid groups (broad SMARTS) is 1. The van der Waals surface area contributed by atoms with Crippen molar-refractivity contribution >= 4 is 28.5 Å². The van der Waals surface area contributed by atoms with E-state index in [0.717, 1.165) is 0 Å². The smallest absolute Gasteiger partial charge is 0.409 e. The van der Waals surface area contributed by atoms with Gasteiger partial charge in [0, 0.05) is 37.5 Å². The summed E-state index contributed by atoms with van der Waals surface area (Å²) in [7, 11) is 0. The zero-order chi connectivity index (χ0) is 21.4. The highest BCUT2D eigenvalue weighted by Gasteiger charge is 2.30. The average Bonchev–Trinajstić information content (AvgIpc) is 3.42. The molecule has 158 valence electrons. The van der Waals surface area contributed by atoms with Crippen molar-refractivity contribution in [2.75, 3.05) is 37.7 Å². The van der Waals surface area contributed by atoms with Gasteiger partial charge in [0.05, 0.1) is 0 Å². The van der Waals surface area contributed by atoms with Crippen LogP contribution in [0.15, 0.2) is 53.9 Å². The number of thiazole rings is 1. The molecule has 0 radical (unpaired) electrons. The maximum Gasteiger partial charge on any atom is 0.409 e. The minimum absolute atomic E-state index is 0.0439. The van der Waals surface area contributed by atoms with Crippen molar-refractivity contribution in [1.29, 1.82) is 0 Å². The number of piperazine rings is 1. The van der Waals surface area contributed by atoms with E-state index in [1.807, 2.05) is 29.2 Å². The molecule has 5 rings (SSSR count). The Labute approximate surface area is 183 Å². The molecule has 1 saturated heterocycles. The first kappa shape index (κ1) is 19.6. The minimum atomic E-state index is -1.03. The molecule has 1 aliphatic heterocycles. The number of carbonyl (C=O) groups is 2. The molecule has 31 heavy (non-hydrogen) atoms. The van der Waals surface area contributed by atoms with Crippen LogP contribution in [0.1, 0.15) is 27.5 Å². The number of benzene rings is 2. The van der Waals surface area contributed by atoms with Gasteiger partial charge in [0.1, 0.15) is 6.61 Å². The number of aromatic carboxylic acids is 1. The van der Waals surface area contributed by atoms with E-state index in [9.17, 15) is 9.59 Å². The SMILES string of the molecule is O=C(O)c1csc(N2CCN(C(=O)OCC3c4ccccc4-c4ccccc43)CC2)n1. The summed E-state index contributed by atoms with van der Waals surface area (Å²) in [5, 5.41) is 11.2. The number of amides is 1. The molecule has 2 heterocycles. The third-order valence-corrected chi connectivity index (χ3v) is 6.76. The molecule has 1 aromatic heterocycles. The van der Waals surface area contributed by atoms with Gasteiger partial charge in [-0.15, -0.1) is 11.3 Å². The lowest BCUT2D eigenvalue weighted by atomic mass is 9.98. The van der Waals surface area contributed by atoms with Crippen LogP contribution in [0, 0.1) is 0 Å². The van der Waals surface area contributed by atoms with Crippen LogP contribution in [-0.4, -0.2) is 59.8 Å². The number of anilines is 1. The summed E-state index contributed by atoms with van der Waals surface area (Å²) in [5.41, 5.74) is 4.85. The summed E-state index contributed by atoms with van der Waals surface area (Å²) in [6, 6.07) is 16.5. The summed E-state index contributed by atoms with van der Waals surface area (Å²) < 4.78 is 5.73. The number of rotatable bonds is 4. The zero-order valence-corrected chi connectivity index (χ0v) is 17.5. The van der Waals surface area contributed by atoms with Crippen molar-refractivity contribution in [2.24, 2.45) is 0 Å². The molecule has 1 fully saturated rings. The quantitative estimate of drug-likeness (QED) is 0.669. The van der Waals surface area contributed by atoms with Gasteiger partial charge in [-0.25, -0.2) is 14.6 Å². The highest BCUT2D eigenvalue weighted by atomic mass is 32.1. The maximum absolute atomic E-state index is 12.7. The van der Waals surface area contributed by atoms with Gasteiger partial charge in [0.25, 0.3) is 0 Å². The van der Waals surface area contributed by atoms with Crippen LogP contribution in [0.2, 0.25) is 0 Å². The Kier molecular flexibility index (Phi) is 5.07. The molecule has 1 aliphatic carbocycles. The second-order valence-corrected chi connectivity index (χ2v) is 8.44. The van der Waals surface area contributed by atoms with Gasteiger partial charge >= 0.3 is 12.1 Å². The largest absolute Gasteiger partial charge is 0.476 e. The van der Waals surface area contributed by atoms with E-state index in [1.54, 1.807) is 4.90 Å². The summed E-state index contributed by atoms with van der Waals surface area (Å²) in [6.45, 7) is 2.52. The van der Waals surface area contributed by atoms with Crippen LogP contribution in [-0.2, 0) is 4.74 Å². The molecule has 2 aliphatic rings. The molecule has 0 unspecified atom stereocenters. The maximum atomic E-state index is 12.7. The number of fused-ring (bicyclic) bond motifs is 3. The Balaban J connectivity index is 1.21. The van der Waals surface area contributed by atoms with E-state index < -0.39 is 5.97 Å². The fourth-order valence-corrected chi connectivity index (χ4v) is 5.13. The highest BCUT2D eigenvalue weighted by Crippen LogP contribution is 2.44. The van der Waals surface area contributed by atoms with Crippen molar-refractivity contribution in [2.45, 2.75) is 5.92 Å². The Bertz CT molecular complexity index is 1090. The molecule has 0 spiro atoms. The van der Waals surface area contributed by atoms with Crippen LogP contribution in [0.4, 0.5) is 9.93 Å². The molecule has 2 aromatic carbocycles. The van der Waals surface area contributed by atoms with E-state index in [-0.39, 0.29) is 17.7 Å². The fraction of sp³-hybridized carbons (Fsp3) is 0.261. The number of carboxylic acids is 1. The Morgan fingerprint density at radius 1 is 1.00 bits per heavy atom. The standard InChI is InChI=1S/C23H21N3O4S/c27-21(28)20-14-31-22(24-20)25-9-11-26(12-10-25)23(29)30-13-19-17-7-3-1-5-15(17)16-6-2-4-8-18(16)19/h1-8,14,19H,9-13H2,(H,27,28). The third kappa shape index (κ3) is 3.63. The second-order valence-electron chi connectivity index (χ2n) is 7.60. The first-order chi connectivity index (χ1) is 15.1. The summed E-state index contributed by atoms with van der Waals surface area (Å²) >= 11 is 1.31. The third-order valence-electron chi connectivity index (χ3n) is 5.86. The number of hydrogen-bond donors (Lipinski definition) is 1. The molecule has 8 heteroatoms. The molecule has 3 aromatic rings. The van der Waals surface area contributed by atoms with Gasteiger partial charge in [-0.1, -0.05) is 48.5 Å². The van der Waals surface area contributed by atoms with E-state index in [1.165, 1.54) is 39.0 Å². The van der Waals surface area contributed by atoms with Gasteiger partial charge < -0.3 is 19.6 Å². The first-order valence-electron chi connectivity index (χ1n) is 10.2. The molecule has 0 bridgehead atoms. The summed E-state index contributed by atoms with van der Waals surface area (Å²) in [5.74, 6) is -0.984. The predicted octanol–water partition coefficient (Wildman–Crippen LogP) is 3.91. The van der Waals surface area contributed by atoms with Crippen molar-refractivity contribution in [3.05, 3.63) is 70.7 Å². The van der Waals surface area contributed by atoms with E-state index in [0.29, 0.717) is 37.9 Å². The van der Waals surface area contributed by atoms with Crippen molar-refractivity contribution < 1.29 is 19.4 Å².